The molecule has 1 spiro atoms. The molecule has 50 heavy (non-hydrogen) atoms. The second-order valence-corrected chi connectivity index (χ2v) is 15.2. The first-order chi connectivity index (χ1) is 23.7. The van der Waals surface area contributed by atoms with Crippen LogP contribution in [0.1, 0.15) is 45.6 Å². The summed E-state index contributed by atoms with van der Waals surface area (Å²) in [5, 5.41) is 27.8. The van der Waals surface area contributed by atoms with Gasteiger partial charge in [0, 0.05) is 30.8 Å². The number of pyridine rings is 1. The Morgan fingerprint density at radius 3 is 2.76 bits per heavy atom. The average Bonchev–Trinajstić information content (AvgIpc) is 3.82. The molecular weight excluding hydrogens is 657 g/mol. The number of aliphatic hydroxyl groups is 1. The largest absolute Gasteiger partial charge is 0.472 e. The first kappa shape index (κ1) is 34.0. The Hall–Kier alpha value is -4.42. The third kappa shape index (κ3) is 5.72. The topological polar surface area (TPSA) is 157 Å². The van der Waals surface area contributed by atoms with Gasteiger partial charge < -0.3 is 30.1 Å². The minimum Gasteiger partial charge on any atom is -0.472 e. The molecule has 1 aromatic heterocycles. The number of rotatable bonds is 6. The molecule has 3 amide bonds. The molecule has 7 rings (SSSR count). The second kappa shape index (κ2) is 12.4. The maximum Gasteiger partial charge on any atom is 0.408 e. The van der Waals surface area contributed by atoms with E-state index in [1.807, 2.05) is 0 Å². The predicted molar refractivity (Wildman–Crippen MR) is 169 cm³/mol. The van der Waals surface area contributed by atoms with Crippen molar-refractivity contribution in [3.8, 4) is 11.8 Å². The van der Waals surface area contributed by atoms with Crippen LogP contribution in [-0.4, -0.2) is 87.0 Å². The van der Waals surface area contributed by atoms with Crippen LogP contribution in [0.15, 0.2) is 36.5 Å². The van der Waals surface area contributed by atoms with Crippen molar-refractivity contribution in [3.05, 3.63) is 53.7 Å². The third-order valence-electron chi connectivity index (χ3n) is 11.2. The highest BCUT2D eigenvalue weighted by Gasteiger charge is 2.65. The summed E-state index contributed by atoms with van der Waals surface area (Å²) in [7, 11) is 0. The highest BCUT2D eigenvalue weighted by atomic mass is 19.1. The number of amides is 3. The summed E-state index contributed by atoms with van der Waals surface area (Å²) in [5.74, 6) is -3.13. The molecule has 12 nitrogen and oxygen atoms in total. The Morgan fingerprint density at radius 2 is 2.04 bits per heavy atom. The lowest BCUT2D eigenvalue weighted by Crippen LogP contribution is -2.61. The molecule has 266 valence electrons. The number of nitriles is 1. The molecule has 15 heteroatoms. The number of carbonyl (C=O) groups is 3. The molecule has 3 aliphatic heterocycles. The van der Waals surface area contributed by atoms with E-state index in [0.717, 1.165) is 12.1 Å². The standard InChI is InChI=1S/C35H39F3N6O6/c1-34(2,3)28(41-33(48)49-15-17-6-7-19(36)11-23(17)37)31(46)43-14-22-18-9-21(24(38)10-18)26(22)27(43)30(45)44-16-35(12-20(44)13-39)32(47)42-29-25(50-35)5-4-8-40-29/h4-8,11,18,20-22,24,26-28,30,45H,9-10,12,14-16H2,1-3H3,(H,41,48)(H,40,42,47). The van der Waals surface area contributed by atoms with E-state index in [0.29, 0.717) is 24.7 Å². The van der Waals surface area contributed by atoms with E-state index in [1.165, 1.54) is 16.0 Å². The first-order valence-corrected chi connectivity index (χ1v) is 16.8. The smallest absolute Gasteiger partial charge is 0.408 e. The fraction of sp³-hybridized carbons (Fsp3) is 0.571. The van der Waals surface area contributed by atoms with Gasteiger partial charge in [0.25, 0.3) is 5.91 Å². The molecule has 3 N–H and O–H groups in total. The number of anilines is 1. The number of benzene rings is 1. The molecule has 2 aromatic rings. The number of alkyl carbamates (subject to hydrolysis) is 1. The normalized spacial score (nSPS) is 32.5. The molecule has 2 aliphatic carbocycles. The van der Waals surface area contributed by atoms with Crippen molar-refractivity contribution >= 4 is 23.7 Å². The molecule has 5 aliphatic rings. The molecule has 2 bridgehead atoms. The van der Waals surface area contributed by atoms with Crippen molar-refractivity contribution in [3.63, 3.8) is 0 Å². The molecule has 2 saturated carbocycles. The number of aromatic nitrogens is 1. The van der Waals surface area contributed by atoms with E-state index in [1.54, 1.807) is 32.9 Å². The molecular formula is C35H39F3N6O6. The van der Waals surface area contributed by atoms with Crippen molar-refractivity contribution in [1.29, 1.82) is 5.26 Å². The highest BCUT2D eigenvalue weighted by molar-refractivity contribution is 6.00. The van der Waals surface area contributed by atoms with Gasteiger partial charge in [0.2, 0.25) is 11.5 Å². The summed E-state index contributed by atoms with van der Waals surface area (Å²) in [4.78, 5) is 48.1. The number of aliphatic hydroxyl groups excluding tert-OH is 1. The number of nitrogens with zero attached hydrogens (tertiary/aromatic N) is 4. The van der Waals surface area contributed by atoms with Crippen LogP contribution >= 0.6 is 0 Å². The first-order valence-electron chi connectivity index (χ1n) is 16.8. The zero-order valence-corrected chi connectivity index (χ0v) is 27.8. The van der Waals surface area contributed by atoms with Crippen LogP contribution in [0.4, 0.5) is 23.8 Å². The highest BCUT2D eigenvalue weighted by Crippen LogP contribution is 2.59. The number of alkyl halides is 1. The number of hydrogen-bond donors (Lipinski definition) is 3. The van der Waals surface area contributed by atoms with Gasteiger partial charge in [-0.2, -0.15) is 5.26 Å². The van der Waals surface area contributed by atoms with Crippen molar-refractivity contribution in [2.75, 3.05) is 18.4 Å². The van der Waals surface area contributed by atoms with Gasteiger partial charge in [0.15, 0.2) is 11.6 Å². The van der Waals surface area contributed by atoms with Crippen LogP contribution in [0, 0.1) is 52.1 Å². The van der Waals surface area contributed by atoms with E-state index < -0.39 is 89.5 Å². The number of nitrogens with one attached hydrogen (secondary N) is 2. The van der Waals surface area contributed by atoms with E-state index >= 15 is 4.39 Å². The Balaban J connectivity index is 1.15. The fourth-order valence-corrected chi connectivity index (χ4v) is 8.90. The number of hydrogen-bond acceptors (Lipinski definition) is 9. The van der Waals surface area contributed by atoms with E-state index in [4.69, 9.17) is 9.47 Å². The number of ether oxygens (including phenoxy) is 2. The summed E-state index contributed by atoms with van der Waals surface area (Å²) < 4.78 is 54.3. The van der Waals surface area contributed by atoms with Gasteiger partial charge in [-0.1, -0.05) is 20.8 Å². The van der Waals surface area contributed by atoms with Gasteiger partial charge in [-0.3, -0.25) is 14.5 Å². The van der Waals surface area contributed by atoms with Gasteiger partial charge in [0.1, 0.15) is 42.7 Å². The van der Waals surface area contributed by atoms with Gasteiger partial charge in [-0.15, -0.1) is 0 Å². The van der Waals surface area contributed by atoms with Crippen molar-refractivity contribution in [2.45, 2.75) is 82.8 Å². The predicted octanol–water partition coefficient (Wildman–Crippen LogP) is 3.51. The molecule has 1 aromatic carbocycles. The van der Waals surface area contributed by atoms with Gasteiger partial charge in [-0.05, 0) is 66.2 Å². The zero-order valence-electron chi connectivity index (χ0n) is 27.8. The lowest BCUT2D eigenvalue weighted by Gasteiger charge is -2.42. The SMILES string of the molecule is CC(C)(C)C(NC(=O)OCc1ccc(F)cc1F)C(=O)N1CC2C3CC(F)C(C3)C2C1C(O)N1CC2(CC1C#N)Oc1cccnc1NC2=O. The summed E-state index contributed by atoms with van der Waals surface area (Å²) in [6.45, 7) is 4.72. The molecule has 10 atom stereocenters. The minimum atomic E-state index is -1.52. The quantitative estimate of drug-likeness (QED) is 0.411. The van der Waals surface area contributed by atoms with E-state index in [2.05, 4.69) is 21.7 Å². The molecule has 10 unspecified atom stereocenters. The molecule has 0 radical (unpaired) electrons. The summed E-state index contributed by atoms with van der Waals surface area (Å²) >= 11 is 0. The van der Waals surface area contributed by atoms with Crippen LogP contribution in [0.3, 0.4) is 0 Å². The molecule has 4 heterocycles. The zero-order chi connectivity index (χ0) is 35.7. The average molecular weight is 697 g/mol. The number of halogens is 3. The van der Waals surface area contributed by atoms with Crippen molar-refractivity contribution in [2.24, 2.45) is 29.1 Å². The molecule has 4 fully saturated rings. The minimum absolute atomic E-state index is 0.00254. The Bertz CT molecular complexity index is 1750. The van der Waals surface area contributed by atoms with Crippen LogP contribution in [-0.2, 0) is 20.9 Å². The fourth-order valence-electron chi connectivity index (χ4n) is 8.90. The lowest BCUT2D eigenvalue weighted by molar-refractivity contribution is -0.146. The van der Waals surface area contributed by atoms with E-state index in [9.17, 15) is 33.5 Å². The lowest BCUT2D eigenvalue weighted by atomic mass is 9.77. The van der Waals surface area contributed by atoms with Crippen molar-refractivity contribution in [1.82, 2.24) is 20.1 Å². The van der Waals surface area contributed by atoms with Crippen LogP contribution in [0.2, 0.25) is 0 Å². The monoisotopic (exact) mass is 696 g/mol. The van der Waals surface area contributed by atoms with Gasteiger partial charge in [-0.25, -0.2) is 22.9 Å². The number of fused-ring (bicyclic) bond motifs is 6. The van der Waals surface area contributed by atoms with E-state index in [-0.39, 0.29) is 42.7 Å². The maximum absolute atomic E-state index is 15.4. The Morgan fingerprint density at radius 1 is 1.26 bits per heavy atom. The number of likely N-dealkylation sites (tertiary alicyclic amines) is 2. The summed E-state index contributed by atoms with van der Waals surface area (Å²) in [6.07, 6.45) is -1.19. The van der Waals surface area contributed by atoms with Crippen LogP contribution in [0.5, 0.6) is 5.75 Å². The second-order valence-electron chi connectivity index (χ2n) is 15.2. The summed E-state index contributed by atoms with van der Waals surface area (Å²) in [6, 6.07) is 5.19. The van der Waals surface area contributed by atoms with Crippen molar-refractivity contribution < 1.29 is 42.1 Å². The maximum atomic E-state index is 15.4. The number of carbonyl (C=O) groups excluding carboxylic acids is 3. The van der Waals surface area contributed by atoms with Crippen LogP contribution in [0.25, 0.3) is 0 Å². The van der Waals surface area contributed by atoms with Crippen LogP contribution < -0.4 is 15.4 Å². The summed E-state index contributed by atoms with van der Waals surface area (Å²) in [5.41, 5.74) is -2.46. The third-order valence-corrected chi connectivity index (χ3v) is 11.2. The Kier molecular flexibility index (Phi) is 8.45. The van der Waals surface area contributed by atoms with Gasteiger partial charge >= 0.3 is 6.09 Å². The van der Waals surface area contributed by atoms with Gasteiger partial charge in [0.05, 0.1) is 18.7 Å². The molecule has 2 saturated heterocycles. The Labute approximate surface area is 286 Å².